The molecule has 0 bridgehead atoms. The number of thioether (sulfide) groups is 2. The summed E-state index contributed by atoms with van der Waals surface area (Å²) < 4.78 is 1.73. The van der Waals surface area contributed by atoms with Gasteiger partial charge < -0.3 is 20.5 Å². The molecular formula is C21H24N7O6S3+. The van der Waals surface area contributed by atoms with Crippen molar-refractivity contribution in [2.75, 3.05) is 42.9 Å². The molecule has 2 aliphatic heterocycles. The molecule has 0 aromatic carbocycles. The number of fused-ring (bicyclic) bond motifs is 1. The van der Waals surface area contributed by atoms with E-state index in [9.17, 15) is 14.4 Å². The maximum atomic E-state index is 13.1. The maximum Gasteiger partial charge on any atom is 0.379 e. The molecule has 0 spiro atoms. The first kappa shape index (κ1) is 26.7. The molecular weight excluding hydrogens is 542 g/mol. The summed E-state index contributed by atoms with van der Waals surface area (Å²) in [6.45, 7) is 0.440. The number of β-lactam (4-membered cyclic amide) rings is 1. The number of carbonyl (C=O) groups is 3. The second-order valence-electron chi connectivity index (χ2n) is 7.56. The molecule has 13 nitrogen and oxygen atoms in total. The molecule has 16 heteroatoms. The number of nitrogens with zero attached hydrogens (tertiary/aromatic N) is 4. The van der Waals surface area contributed by atoms with Crippen molar-refractivity contribution < 1.29 is 33.8 Å². The third kappa shape index (κ3) is 6.33. The lowest BCUT2D eigenvalue weighted by Crippen LogP contribution is -2.54. The van der Waals surface area contributed by atoms with Crippen molar-refractivity contribution in [3.05, 3.63) is 46.9 Å². The number of hydrogen-bond donors (Lipinski definition) is 4. The fourth-order valence-electron chi connectivity index (χ4n) is 3.42. The summed E-state index contributed by atoms with van der Waals surface area (Å²) in [5.41, 5.74) is 11.5. The van der Waals surface area contributed by atoms with Crippen LogP contribution in [0.2, 0.25) is 0 Å². The van der Waals surface area contributed by atoms with E-state index in [1.165, 1.54) is 29.2 Å². The van der Waals surface area contributed by atoms with Crippen molar-refractivity contribution in [1.29, 1.82) is 0 Å². The molecule has 2 aromatic rings. The Morgan fingerprint density at radius 2 is 2.19 bits per heavy atom. The summed E-state index contributed by atoms with van der Waals surface area (Å²) in [5, 5.41) is 14.2. The maximum absolute atomic E-state index is 13.1. The molecule has 4 heterocycles. The highest BCUT2D eigenvalue weighted by Crippen LogP contribution is 2.41. The molecule has 0 unspecified atom stereocenters. The first-order chi connectivity index (χ1) is 17.9. The molecule has 196 valence electrons. The van der Waals surface area contributed by atoms with E-state index in [-0.39, 0.29) is 40.1 Å². The van der Waals surface area contributed by atoms with Crippen molar-refractivity contribution in [3.63, 3.8) is 0 Å². The number of hydroxylamine groups is 1. The highest BCUT2D eigenvalue weighted by molar-refractivity contribution is 8.01. The van der Waals surface area contributed by atoms with E-state index in [0.29, 0.717) is 30.0 Å². The molecule has 1 fully saturated rings. The van der Waals surface area contributed by atoms with Gasteiger partial charge in [-0.3, -0.25) is 14.5 Å². The van der Waals surface area contributed by atoms with Crippen molar-refractivity contribution in [3.8, 4) is 0 Å². The van der Waals surface area contributed by atoms with Crippen LogP contribution in [0, 0.1) is 0 Å². The molecule has 2 aromatic heterocycles. The Morgan fingerprint density at radius 1 is 1.41 bits per heavy atom. The summed E-state index contributed by atoms with van der Waals surface area (Å²) in [4.78, 5) is 54.2. The Bertz CT molecular complexity index is 1230. The minimum atomic E-state index is -0.860. The van der Waals surface area contributed by atoms with E-state index in [0.717, 1.165) is 16.2 Å². The summed E-state index contributed by atoms with van der Waals surface area (Å²) in [5.74, 6) is -0.922. The molecule has 37 heavy (non-hydrogen) atoms. The van der Waals surface area contributed by atoms with Gasteiger partial charge in [0.2, 0.25) is 18.3 Å². The number of thiazole rings is 1. The van der Waals surface area contributed by atoms with Gasteiger partial charge in [0.25, 0.3) is 0 Å². The van der Waals surface area contributed by atoms with Crippen LogP contribution in [0.25, 0.3) is 0 Å². The fourth-order valence-corrected chi connectivity index (χ4v) is 6.26. The van der Waals surface area contributed by atoms with E-state index in [1.54, 1.807) is 16.4 Å². The topological polar surface area (TPSA) is 172 Å². The van der Waals surface area contributed by atoms with Gasteiger partial charge in [-0.15, -0.1) is 34.9 Å². The van der Waals surface area contributed by atoms with Crippen LogP contribution in [0.5, 0.6) is 0 Å². The van der Waals surface area contributed by atoms with Crippen LogP contribution in [0.1, 0.15) is 12.1 Å². The predicted molar refractivity (Wildman–Crippen MR) is 138 cm³/mol. The number of aliphatic hydroxyl groups is 1. The third-order valence-corrected chi connectivity index (χ3v) is 8.19. The number of nitrogens with one attached hydrogen (secondary N) is 2. The van der Waals surface area contributed by atoms with Crippen LogP contribution >= 0.6 is 34.9 Å². The van der Waals surface area contributed by atoms with Crippen molar-refractivity contribution >= 4 is 63.5 Å². The quantitative estimate of drug-likeness (QED) is 0.0988. The average molecular weight is 567 g/mol. The SMILES string of the molecule is CO/N=C(\C(=O)NOC(=O)C1=C(CSc2cc[n+](NCCO)cc2)CS[C@H]2CC(=O)N12)c1csc(N)n1. The number of hydrogen-bond acceptors (Lipinski definition) is 13. The van der Waals surface area contributed by atoms with Crippen LogP contribution < -0.4 is 21.3 Å². The molecule has 1 saturated heterocycles. The van der Waals surface area contributed by atoms with Gasteiger partial charge in [0.15, 0.2) is 10.8 Å². The highest BCUT2D eigenvalue weighted by Gasteiger charge is 2.46. The second kappa shape index (κ2) is 12.3. The minimum absolute atomic E-state index is 0.0187. The van der Waals surface area contributed by atoms with E-state index >= 15 is 0 Å². The predicted octanol–water partition coefficient (Wildman–Crippen LogP) is -0.175. The van der Waals surface area contributed by atoms with Crippen LogP contribution in [0.15, 0.2) is 51.2 Å². The number of amides is 2. The molecule has 2 aliphatic rings. The number of aliphatic hydroxyl groups excluding tert-OH is 1. The van der Waals surface area contributed by atoms with Gasteiger partial charge in [-0.2, -0.15) is 10.9 Å². The second-order valence-corrected chi connectivity index (χ2v) is 10.7. The standard InChI is InChI=1S/C21H23N7O6S3/c1-33-25-17(14-11-37-21(22)24-14)19(31)26-34-20(32)18-12(10-36-16-8-15(30)28(16)18)9-35-13-2-5-27(6-3-13)23-4-7-29/h2-3,5-6,11,16,23,29H,4,7-10H2,1H3,(H2-,22,24,26,31)/p+1/b25-17-/t16-/m0/s1. The summed E-state index contributed by atoms with van der Waals surface area (Å²) in [6, 6.07) is 3.78. The Labute approximate surface area is 224 Å². The molecule has 5 N–H and O–H groups in total. The smallest absolute Gasteiger partial charge is 0.379 e. The van der Waals surface area contributed by atoms with Gasteiger partial charge in [0.05, 0.1) is 24.9 Å². The average Bonchev–Trinajstić information content (AvgIpc) is 3.33. The molecule has 0 saturated carbocycles. The zero-order chi connectivity index (χ0) is 26.4. The van der Waals surface area contributed by atoms with Crippen molar-refractivity contribution in [1.82, 2.24) is 15.4 Å². The van der Waals surface area contributed by atoms with Crippen LogP contribution in [-0.2, 0) is 24.1 Å². The molecule has 0 radical (unpaired) electrons. The molecule has 1 atom stereocenters. The fraction of sp³-hybridized carbons (Fsp3) is 0.333. The first-order valence-corrected chi connectivity index (χ1v) is 13.8. The number of pyridine rings is 1. The van der Waals surface area contributed by atoms with Crippen LogP contribution in [0.3, 0.4) is 0 Å². The summed E-state index contributed by atoms with van der Waals surface area (Å²) >= 11 is 4.18. The third-order valence-electron chi connectivity index (χ3n) is 5.14. The zero-order valence-corrected chi connectivity index (χ0v) is 22.0. The Balaban J connectivity index is 1.45. The Morgan fingerprint density at radius 3 is 2.84 bits per heavy atom. The van der Waals surface area contributed by atoms with Gasteiger partial charge in [-0.1, -0.05) is 9.83 Å². The van der Waals surface area contributed by atoms with Gasteiger partial charge in [0, 0.05) is 33.9 Å². The highest BCUT2D eigenvalue weighted by atomic mass is 32.2. The number of aromatic nitrogens is 2. The Kier molecular flexibility index (Phi) is 8.86. The van der Waals surface area contributed by atoms with Crippen LogP contribution in [0.4, 0.5) is 5.13 Å². The van der Waals surface area contributed by atoms with E-state index in [1.807, 2.05) is 24.5 Å². The monoisotopic (exact) mass is 566 g/mol. The van der Waals surface area contributed by atoms with Crippen LogP contribution in [-0.4, -0.2) is 75.6 Å². The Hall–Kier alpha value is -3.34. The van der Waals surface area contributed by atoms with Gasteiger partial charge >= 0.3 is 11.9 Å². The van der Waals surface area contributed by atoms with E-state index in [2.05, 4.69) is 21.0 Å². The van der Waals surface area contributed by atoms with Crippen molar-refractivity contribution in [2.24, 2.45) is 5.16 Å². The van der Waals surface area contributed by atoms with Gasteiger partial charge in [0.1, 0.15) is 18.5 Å². The lowest BCUT2D eigenvalue weighted by Gasteiger charge is -2.44. The van der Waals surface area contributed by atoms with E-state index in [4.69, 9.17) is 20.5 Å². The van der Waals surface area contributed by atoms with Gasteiger partial charge in [-0.25, -0.2) is 9.78 Å². The molecule has 2 amide bonds. The lowest BCUT2D eigenvalue weighted by atomic mass is 10.1. The number of rotatable bonds is 10. The lowest BCUT2D eigenvalue weighted by molar-refractivity contribution is -0.650. The van der Waals surface area contributed by atoms with E-state index < -0.39 is 11.9 Å². The normalized spacial score (nSPS) is 17.1. The largest absolute Gasteiger partial charge is 0.398 e. The summed E-state index contributed by atoms with van der Waals surface area (Å²) in [6.07, 6.45) is 3.97. The number of oxime groups is 1. The number of nitrogens with two attached hydrogens (primary N) is 1. The number of anilines is 1. The summed E-state index contributed by atoms with van der Waals surface area (Å²) in [7, 11) is 1.26. The van der Waals surface area contributed by atoms with Crippen molar-refractivity contribution in [2.45, 2.75) is 16.7 Å². The zero-order valence-electron chi connectivity index (χ0n) is 19.6. The van der Waals surface area contributed by atoms with Gasteiger partial charge in [-0.05, 0) is 5.57 Å². The first-order valence-electron chi connectivity index (χ1n) is 10.9. The number of carbonyl (C=O) groups excluding carboxylic acids is 3. The molecule has 4 rings (SSSR count). The minimum Gasteiger partial charge on any atom is -0.398 e. The molecule has 0 aliphatic carbocycles. The number of nitrogen functional groups attached to an aromatic ring is 1.